The van der Waals surface area contributed by atoms with E-state index in [-0.39, 0.29) is 0 Å². The summed E-state index contributed by atoms with van der Waals surface area (Å²) in [5.41, 5.74) is 0.547. The van der Waals surface area contributed by atoms with Gasteiger partial charge in [0.2, 0.25) is 0 Å². The zero-order valence-corrected chi connectivity index (χ0v) is 9.44. The Morgan fingerprint density at radius 1 is 1.29 bits per heavy atom. The molecule has 0 aromatic heterocycles. The number of hydrogen-bond acceptors (Lipinski definition) is 2. The molecule has 1 aliphatic carbocycles. The van der Waals surface area contributed by atoms with E-state index in [9.17, 15) is 0 Å². The van der Waals surface area contributed by atoms with Gasteiger partial charge in [0.25, 0.3) is 0 Å². The van der Waals surface area contributed by atoms with Gasteiger partial charge in [-0.15, -0.1) is 0 Å². The summed E-state index contributed by atoms with van der Waals surface area (Å²) in [6.07, 6.45) is 8.31. The molecule has 2 rings (SSSR count). The van der Waals surface area contributed by atoms with Gasteiger partial charge in [0.1, 0.15) is 0 Å². The van der Waals surface area contributed by atoms with E-state index in [4.69, 9.17) is 0 Å². The Balaban J connectivity index is 1.69. The van der Waals surface area contributed by atoms with Crippen LogP contribution < -0.4 is 10.6 Å². The van der Waals surface area contributed by atoms with Crippen LogP contribution in [0.3, 0.4) is 0 Å². The second-order valence-corrected chi connectivity index (χ2v) is 5.06. The maximum absolute atomic E-state index is 3.82. The Bertz CT molecular complexity index is 164. The first-order valence-corrected chi connectivity index (χ1v) is 6.30. The number of nitrogens with one attached hydrogen (secondary N) is 2. The molecule has 0 bridgehead atoms. The predicted octanol–water partition coefficient (Wildman–Crippen LogP) is 1.91. The predicted molar refractivity (Wildman–Crippen MR) is 60.5 cm³/mol. The second-order valence-electron chi connectivity index (χ2n) is 5.06. The fourth-order valence-electron chi connectivity index (χ4n) is 2.71. The highest BCUT2D eigenvalue weighted by Crippen LogP contribution is 2.34. The highest BCUT2D eigenvalue weighted by atomic mass is 15.0. The van der Waals surface area contributed by atoms with Crippen LogP contribution in [0.1, 0.15) is 45.4 Å². The van der Waals surface area contributed by atoms with Crippen LogP contribution >= 0.6 is 0 Å². The van der Waals surface area contributed by atoms with Crippen molar-refractivity contribution in [2.45, 2.75) is 51.0 Å². The lowest BCUT2D eigenvalue weighted by Gasteiger charge is -2.43. The summed E-state index contributed by atoms with van der Waals surface area (Å²) < 4.78 is 0. The first kappa shape index (κ1) is 10.4. The quantitative estimate of drug-likeness (QED) is 0.717. The average molecular weight is 196 g/mol. The van der Waals surface area contributed by atoms with Crippen molar-refractivity contribution in [1.82, 2.24) is 10.6 Å². The maximum atomic E-state index is 3.82. The number of hydrogen-bond donors (Lipinski definition) is 2. The third kappa shape index (κ3) is 2.29. The standard InChI is InChI=1S/C12H24N2/c1-2-12(6-3-7-12)14-10-11-4-8-13-9-5-11/h11,13-14H,2-10H2,1H3. The van der Waals surface area contributed by atoms with Crippen LogP contribution in [0.25, 0.3) is 0 Å². The Morgan fingerprint density at radius 3 is 2.50 bits per heavy atom. The van der Waals surface area contributed by atoms with Gasteiger partial charge in [-0.2, -0.15) is 0 Å². The van der Waals surface area contributed by atoms with Crippen molar-refractivity contribution in [3.05, 3.63) is 0 Å². The van der Waals surface area contributed by atoms with Crippen LogP contribution in [0.5, 0.6) is 0 Å². The van der Waals surface area contributed by atoms with Crippen LogP contribution in [-0.4, -0.2) is 25.2 Å². The molecule has 14 heavy (non-hydrogen) atoms. The molecule has 1 heterocycles. The van der Waals surface area contributed by atoms with Crippen molar-refractivity contribution in [1.29, 1.82) is 0 Å². The van der Waals surface area contributed by atoms with E-state index < -0.39 is 0 Å². The van der Waals surface area contributed by atoms with Crippen LogP contribution in [0.2, 0.25) is 0 Å². The molecule has 0 radical (unpaired) electrons. The van der Waals surface area contributed by atoms with Crippen molar-refractivity contribution in [3.63, 3.8) is 0 Å². The van der Waals surface area contributed by atoms with Gasteiger partial charge < -0.3 is 10.6 Å². The van der Waals surface area contributed by atoms with Gasteiger partial charge in [0.05, 0.1) is 0 Å². The molecule has 0 atom stereocenters. The average Bonchev–Trinajstić information content (AvgIpc) is 2.19. The molecule has 0 aromatic carbocycles. The summed E-state index contributed by atoms with van der Waals surface area (Å²) in [7, 11) is 0. The van der Waals surface area contributed by atoms with E-state index in [1.807, 2.05) is 0 Å². The van der Waals surface area contributed by atoms with Crippen molar-refractivity contribution >= 4 is 0 Å². The molecule has 2 nitrogen and oxygen atoms in total. The molecule has 2 fully saturated rings. The zero-order chi connectivity index (χ0) is 9.86. The van der Waals surface area contributed by atoms with Gasteiger partial charge in [-0.3, -0.25) is 0 Å². The van der Waals surface area contributed by atoms with E-state index in [2.05, 4.69) is 17.6 Å². The molecule has 82 valence electrons. The van der Waals surface area contributed by atoms with Crippen LogP contribution in [-0.2, 0) is 0 Å². The highest BCUT2D eigenvalue weighted by Gasteiger charge is 2.34. The SMILES string of the molecule is CCC1(NCC2CCNCC2)CCC1. The molecule has 2 heteroatoms. The summed E-state index contributed by atoms with van der Waals surface area (Å²) in [5, 5.41) is 7.25. The van der Waals surface area contributed by atoms with Crippen molar-refractivity contribution in [2.24, 2.45) is 5.92 Å². The lowest BCUT2D eigenvalue weighted by molar-refractivity contribution is 0.162. The van der Waals surface area contributed by atoms with Gasteiger partial charge in [0.15, 0.2) is 0 Å². The van der Waals surface area contributed by atoms with Crippen molar-refractivity contribution in [3.8, 4) is 0 Å². The van der Waals surface area contributed by atoms with Gasteiger partial charge in [-0.05, 0) is 64.1 Å². The Hall–Kier alpha value is -0.0800. The summed E-state index contributed by atoms with van der Waals surface area (Å²) in [6, 6.07) is 0. The van der Waals surface area contributed by atoms with Gasteiger partial charge >= 0.3 is 0 Å². The second kappa shape index (κ2) is 4.63. The Morgan fingerprint density at radius 2 is 2.00 bits per heavy atom. The third-order valence-corrected chi connectivity index (χ3v) is 4.21. The first-order chi connectivity index (χ1) is 6.85. The lowest BCUT2D eigenvalue weighted by Crippen LogP contribution is -2.52. The molecule has 1 aliphatic heterocycles. The number of rotatable bonds is 4. The van der Waals surface area contributed by atoms with E-state index >= 15 is 0 Å². The molecule has 1 saturated heterocycles. The van der Waals surface area contributed by atoms with Gasteiger partial charge in [0, 0.05) is 5.54 Å². The molecule has 2 N–H and O–H groups in total. The van der Waals surface area contributed by atoms with Gasteiger partial charge in [-0.1, -0.05) is 6.92 Å². The van der Waals surface area contributed by atoms with E-state index in [0.29, 0.717) is 5.54 Å². The minimum Gasteiger partial charge on any atom is -0.317 e. The molecule has 1 saturated carbocycles. The third-order valence-electron chi connectivity index (χ3n) is 4.21. The maximum Gasteiger partial charge on any atom is 0.0179 e. The molecule has 0 spiro atoms. The Labute approximate surface area is 87.8 Å². The monoisotopic (exact) mass is 196 g/mol. The fourth-order valence-corrected chi connectivity index (χ4v) is 2.71. The summed E-state index contributed by atoms with van der Waals surface area (Å²) in [4.78, 5) is 0. The van der Waals surface area contributed by atoms with E-state index in [1.54, 1.807) is 0 Å². The molecule has 2 aliphatic rings. The fraction of sp³-hybridized carbons (Fsp3) is 1.00. The zero-order valence-electron chi connectivity index (χ0n) is 9.44. The van der Waals surface area contributed by atoms with E-state index in [0.717, 1.165) is 5.92 Å². The summed E-state index contributed by atoms with van der Waals surface area (Å²) in [6.45, 7) is 6.04. The minimum atomic E-state index is 0.547. The van der Waals surface area contributed by atoms with Gasteiger partial charge in [-0.25, -0.2) is 0 Å². The smallest absolute Gasteiger partial charge is 0.0179 e. The summed E-state index contributed by atoms with van der Waals surface area (Å²) in [5.74, 6) is 0.931. The van der Waals surface area contributed by atoms with Crippen molar-refractivity contribution < 1.29 is 0 Å². The Kier molecular flexibility index (Phi) is 3.45. The molecular weight excluding hydrogens is 172 g/mol. The normalized spacial score (nSPS) is 27.2. The molecule has 0 unspecified atom stereocenters. The lowest BCUT2D eigenvalue weighted by atomic mass is 9.74. The minimum absolute atomic E-state index is 0.547. The first-order valence-electron chi connectivity index (χ1n) is 6.30. The largest absolute Gasteiger partial charge is 0.317 e. The topological polar surface area (TPSA) is 24.1 Å². The van der Waals surface area contributed by atoms with Crippen LogP contribution in [0.15, 0.2) is 0 Å². The van der Waals surface area contributed by atoms with E-state index in [1.165, 1.54) is 58.2 Å². The molecule has 0 amide bonds. The van der Waals surface area contributed by atoms with Crippen LogP contribution in [0, 0.1) is 5.92 Å². The van der Waals surface area contributed by atoms with Crippen LogP contribution in [0.4, 0.5) is 0 Å². The molecular formula is C12H24N2. The van der Waals surface area contributed by atoms with Crippen molar-refractivity contribution in [2.75, 3.05) is 19.6 Å². The summed E-state index contributed by atoms with van der Waals surface area (Å²) >= 11 is 0. The number of piperidine rings is 1. The highest BCUT2D eigenvalue weighted by molar-refractivity contribution is 4.95. The molecule has 0 aromatic rings.